The zero-order valence-corrected chi connectivity index (χ0v) is 13.1. The summed E-state index contributed by atoms with van der Waals surface area (Å²) in [6.07, 6.45) is 3.53. The minimum atomic E-state index is -0.552. The van der Waals surface area contributed by atoms with Crippen LogP contribution in [0.4, 0.5) is 0 Å². The number of carbonyl (C=O) groups excluding carboxylic acids is 1. The third kappa shape index (κ3) is 3.33. The Bertz CT molecular complexity index is 496. The second-order valence-corrected chi connectivity index (χ2v) is 6.65. The van der Waals surface area contributed by atoms with E-state index in [2.05, 4.69) is 28.2 Å². The van der Waals surface area contributed by atoms with Crippen molar-refractivity contribution in [2.75, 3.05) is 6.61 Å². The van der Waals surface area contributed by atoms with Crippen LogP contribution < -0.4 is 5.32 Å². The first kappa shape index (κ1) is 15.3. The molecule has 0 aliphatic heterocycles. The van der Waals surface area contributed by atoms with Gasteiger partial charge >= 0.3 is 0 Å². The van der Waals surface area contributed by atoms with Gasteiger partial charge in [0.25, 0.3) is 5.91 Å². The Morgan fingerprint density at radius 3 is 2.65 bits per heavy atom. The Morgan fingerprint density at radius 1 is 1.45 bits per heavy atom. The van der Waals surface area contributed by atoms with E-state index >= 15 is 0 Å². The van der Waals surface area contributed by atoms with Gasteiger partial charge in [0.2, 0.25) is 0 Å². The Balaban J connectivity index is 2.13. The van der Waals surface area contributed by atoms with Gasteiger partial charge in [0.1, 0.15) is 5.75 Å². The van der Waals surface area contributed by atoms with E-state index in [0.29, 0.717) is 5.92 Å². The Kier molecular flexibility index (Phi) is 4.70. The number of aliphatic hydroxyl groups excluding tert-OH is 1. The number of benzene rings is 1. The smallest absolute Gasteiger partial charge is 0.255 e. The zero-order chi connectivity index (χ0) is 14.8. The number of nitrogens with one attached hydrogen (secondary N) is 1. The largest absolute Gasteiger partial charge is 0.507 e. The number of aliphatic hydroxyl groups is 1. The minimum Gasteiger partial charge on any atom is -0.507 e. The van der Waals surface area contributed by atoms with Gasteiger partial charge in [-0.15, -0.1) is 0 Å². The Morgan fingerprint density at radius 2 is 2.10 bits per heavy atom. The lowest BCUT2D eigenvalue weighted by Crippen LogP contribution is -2.53. The molecule has 2 rings (SSSR count). The van der Waals surface area contributed by atoms with Crippen LogP contribution in [0.15, 0.2) is 22.7 Å². The van der Waals surface area contributed by atoms with Crippen LogP contribution in [-0.4, -0.2) is 28.3 Å². The molecule has 0 bridgehead atoms. The highest BCUT2D eigenvalue weighted by Crippen LogP contribution is 2.32. The predicted molar refractivity (Wildman–Crippen MR) is 80.7 cm³/mol. The molecule has 0 atom stereocenters. The number of carbonyl (C=O) groups is 1. The fourth-order valence-electron chi connectivity index (χ4n) is 2.64. The van der Waals surface area contributed by atoms with Crippen molar-refractivity contribution in [1.29, 1.82) is 0 Å². The van der Waals surface area contributed by atoms with E-state index in [0.717, 1.165) is 30.2 Å². The molecule has 1 saturated carbocycles. The van der Waals surface area contributed by atoms with Crippen LogP contribution in [0.3, 0.4) is 0 Å². The second kappa shape index (κ2) is 6.14. The number of rotatable bonds is 3. The molecule has 1 aliphatic rings. The number of phenols is 1. The van der Waals surface area contributed by atoms with E-state index in [1.807, 2.05) is 0 Å². The van der Waals surface area contributed by atoms with Gasteiger partial charge in [-0.3, -0.25) is 4.79 Å². The van der Waals surface area contributed by atoms with Crippen molar-refractivity contribution in [3.8, 4) is 5.75 Å². The molecule has 1 aliphatic carbocycles. The molecular weight excluding hydrogens is 322 g/mol. The summed E-state index contributed by atoms with van der Waals surface area (Å²) in [6.45, 7) is 2.12. The number of hydrogen-bond donors (Lipinski definition) is 3. The van der Waals surface area contributed by atoms with Crippen molar-refractivity contribution >= 4 is 21.8 Å². The van der Waals surface area contributed by atoms with Crippen LogP contribution in [0.1, 0.15) is 43.0 Å². The van der Waals surface area contributed by atoms with E-state index < -0.39 is 5.54 Å². The van der Waals surface area contributed by atoms with Gasteiger partial charge in [-0.05, 0) is 49.8 Å². The summed E-state index contributed by atoms with van der Waals surface area (Å²) < 4.78 is 0.718. The SMILES string of the molecule is CC1CCC(CO)(NC(=O)c2ccc(Br)cc2O)CC1. The van der Waals surface area contributed by atoms with Crippen molar-refractivity contribution < 1.29 is 15.0 Å². The lowest BCUT2D eigenvalue weighted by molar-refractivity contribution is 0.0715. The zero-order valence-electron chi connectivity index (χ0n) is 11.5. The van der Waals surface area contributed by atoms with E-state index in [4.69, 9.17) is 0 Å². The molecule has 5 heteroatoms. The minimum absolute atomic E-state index is 0.0610. The number of phenolic OH excluding ortho intramolecular Hbond substituents is 1. The van der Waals surface area contributed by atoms with Crippen LogP contribution >= 0.6 is 15.9 Å². The standard InChI is InChI=1S/C15H20BrNO3/c1-10-4-6-15(9-18,7-5-10)17-14(20)12-3-2-11(16)8-13(12)19/h2-3,8,10,18-19H,4-7,9H2,1H3,(H,17,20). The molecule has 0 radical (unpaired) electrons. The highest BCUT2D eigenvalue weighted by atomic mass is 79.9. The molecule has 0 unspecified atom stereocenters. The van der Waals surface area contributed by atoms with Crippen LogP contribution in [0, 0.1) is 5.92 Å². The van der Waals surface area contributed by atoms with Crippen LogP contribution in [0.25, 0.3) is 0 Å². The normalized spacial score (nSPS) is 26.2. The number of hydrogen-bond acceptors (Lipinski definition) is 3. The van der Waals surface area contributed by atoms with Gasteiger partial charge in [-0.25, -0.2) is 0 Å². The van der Waals surface area contributed by atoms with Crippen molar-refractivity contribution in [1.82, 2.24) is 5.32 Å². The van der Waals surface area contributed by atoms with Crippen LogP contribution in [-0.2, 0) is 0 Å². The predicted octanol–water partition coefficient (Wildman–Crippen LogP) is 2.83. The van der Waals surface area contributed by atoms with Crippen LogP contribution in [0.2, 0.25) is 0 Å². The van der Waals surface area contributed by atoms with Gasteiger partial charge < -0.3 is 15.5 Å². The van der Waals surface area contributed by atoms with Gasteiger partial charge in [0.05, 0.1) is 17.7 Å². The second-order valence-electron chi connectivity index (χ2n) is 5.74. The number of aromatic hydroxyl groups is 1. The third-order valence-corrected chi connectivity index (χ3v) is 4.61. The molecule has 3 N–H and O–H groups in total. The van der Waals surface area contributed by atoms with Crippen molar-refractivity contribution in [3.05, 3.63) is 28.2 Å². The first-order valence-corrected chi connectivity index (χ1v) is 7.67. The first-order chi connectivity index (χ1) is 9.46. The highest BCUT2D eigenvalue weighted by molar-refractivity contribution is 9.10. The lowest BCUT2D eigenvalue weighted by atomic mass is 9.77. The average molecular weight is 342 g/mol. The fourth-order valence-corrected chi connectivity index (χ4v) is 2.99. The molecule has 20 heavy (non-hydrogen) atoms. The van der Waals surface area contributed by atoms with Gasteiger partial charge in [-0.2, -0.15) is 0 Å². The van der Waals surface area contributed by atoms with Crippen molar-refractivity contribution in [3.63, 3.8) is 0 Å². The molecule has 110 valence electrons. The molecule has 0 aromatic heterocycles. The molecule has 1 aromatic rings. The summed E-state index contributed by atoms with van der Waals surface area (Å²) >= 11 is 3.24. The van der Waals surface area contributed by atoms with E-state index in [9.17, 15) is 15.0 Å². The van der Waals surface area contributed by atoms with Crippen LogP contribution in [0.5, 0.6) is 5.75 Å². The number of amides is 1. The molecule has 0 spiro atoms. The van der Waals surface area contributed by atoms with Crippen molar-refractivity contribution in [2.24, 2.45) is 5.92 Å². The Hall–Kier alpha value is -1.07. The van der Waals surface area contributed by atoms with E-state index in [1.54, 1.807) is 12.1 Å². The average Bonchev–Trinajstić information content (AvgIpc) is 2.41. The maximum atomic E-state index is 12.3. The Labute approximate surface area is 127 Å². The fraction of sp³-hybridized carbons (Fsp3) is 0.533. The molecule has 1 fully saturated rings. The number of halogens is 1. The summed E-state index contributed by atoms with van der Waals surface area (Å²) in [6, 6.07) is 4.78. The summed E-state index contributed by atoms with van der Waals surface area (Å²) in [4.78, 5) is 12.3. The maximum Gasteiger partial charge on any atom is 0.255 e. The van der Waals surface area contributed by atoms with E-state index in [1.165, 1.54) is 6.07 Å². The quantitative estimate of drug-likeness (QED) is 0.791. The highest BCUT2D eigenvalue weighted by Gasteiger charge is 2.35. The molecule has 1 amide bonds. The molecule has 1 aromatic carbocycles. The molecular formula is C15H20BrNO3. The van der Waals surface area contributed by atoms with Gasteiger partial charge in [-0.1, -0.05) is 22.9 Å². The molecule has 0 saturated heterocycles. The first-order valence-electron chi connectivity index (χ1n) is 6.88. The lowest BCUT2D eigenvalue weighted by Gasteiger charge is -2.38. The molecule has 0 heterocycles. The van der Waals surface area contributed by atoms with E-state index in [-0.39, 0.29) is 23.8 Å². The summed E-state index contributed by atoms with van der Waals surface area (Å²) in [5.74, 6) is 0.236. The molecule has 4 nitrogen and oxygen atoms in total. The van der Waals surface area contributed by atoms with Gasteiger partial charge in [0, 0.05) is 4.47 Å². The summed E-state index contributed by atoms with van der Waals surface area (Å²) in [7, 11) is 0. The topological polar surface area (TPSA) is 69.6 Å². The maximum absolute atomic E-state index is 12.3. The van der Waals surface area contributed by atoms with Gasteiger partial charge in [0.15, 0.2) is 0 Å². The monoisotopic (exact) mass is 341 g/mol. The summed E-state index contributed by atoms with van der Waals surface area (Å²) in [5, 5.41) is 22.4. The van der Waals surface area contributed by atoms with Crippen molar-refractivity contribution in [2.45, 2.75) is 38.1 Å². The third-order valence-electron chi connectivity index (χ3n) is 4.12. The summed E-state index contributed by atoms with van der Waals surface area (Å²) in [5.41, 5.74) is -0.317.